The molecule has 118 valence electrons. The number of halogens is 2. The van der Waals surface area contributed by atoms with Gasteiger partial charge in [0.2, 0.25) is 0 Å². The number of rotatable bonds is 4. The molecule has 0 aliphatic heterocycles. The molecular formula is C16H12Cl2N2O2S. The third-order valence-electron chi connectivity index (χ3n) is 3.10. The van der Waals surface area contributed by atoms with Gasteiger partial charge in [0.1, 0.15) is 5.76 Å². The van der Waals surface area contributed by atoms with E-state index in [0.29, 0.717) is 27.4 Å². The van der Waals surface area contributed by atoms with Gasteiger partial charge in [-0.05, 0) is 36.8 Å². The fourth-order valence-electron chi connectivity index (χ4n) is 2.01. The Morgan fingerprint density at radius 2 is 2.09 bits per heavy atom. The van der Waals surface area contributed by atoms with Crippen molar-refractivity contribution in [3.8, 4) is 0 Å². The molecule has 1 aromatic carbocycles. The number of benzene rings is 1. The Hall–Kier alpha value is -1.82. The van der Waals surface area contributed by atoms with E-state index in [2.05, 4.69) is 10.3 Å². The molecule has 3 rings (SSSR count). The molecule has 0 radical (unpaired) electrons. The molecule has 0 unspecified atom stereocenters. The molecule has 2 aromatic heterocycles. The van der Waals surface area contributed by atoms with E-state index in [1.807, 2.05) is 12.1 Å². The summed E-state index contributed by atoms with van der Waals surface area (Å²) in [4.78, 5) is 17.2. The maximum absolute atomic E-state index is 12.0. The van der Waals surface area contributed by atoms with Gasteiger partial charge in [-0.15, -0.1) is 11.3 Å². The van der Waals surface area contributed by atoms with Gasteiger partial charge in [0.15, 0.2) is 10.9 Å². The predicted molar refractivity (Wildman–Crippen MR) is 92.8 cm³/mol. The van der Waals surface area contributed by atoms with E-state index in [4.69, 9.17) is 27.6 Å². The van der Waals surface area contributed by atoms with E-state index >= 15 is 0 Å². The Kier molecular flexibility index (Phi) is 4.71. The fourth-order valence-corrected chi connectivity index (χ4v) is 3.18. The number of aryl methyl sites for hydroxylation is 1. The van der Waals surface area contributed by atoms with E-state index in [-0.39, 0.29) is 11.7 Å². The summed E-state index contributed by atoms with van der Waals surface area (Å²) in [5.74, 6) is 0.645. The maximum atomic E-state index is 12.0. The quantitative estimate of drug-likeness (QED) is 0.690. The van der Waals surface area contributed by atoms with Crippen molar-refractivity contribution in [1.82, 2.24) is 4.98 Å². The average Bonchev–Trinajstić information content (AvgIpc) is 3.12. The van der Waals surface area contributed by atoms with Gasteiger partial charge in [0, 0.05) is 17.5 Å². The lowest BCUT2D eigenvalue weighted by molar-refractivity contribution is 0.0995. The van der Waals surface area contributed by atoms with E-state index in [1.165, 1.54) is 11.3 Å². The van der Waals surface area contributed by atoms with Gasteiger partial charge in [0.05, 0.1) is 10.0 Å². The fraction of sp³-hybridized carbons (Fsp3) is 0.125. The molecule has 0 aliphatic rings. The molecular weight excluding hydrogens is 355 g/mol. The minimum Gasteiger partial charge on any atom is -0.456 e. The van der Waals surface area contributed by atoms with Gasteiger partial charge in [-0.2, -0.15) is 0 Å². The summed E-state index contributed by atoms with van der Waals surface area (Å²) in [7, 11) is 0. The van der Waals surface area contributed by atoms with Crippen LogP contribution in [0.5, 0.6) is 0 Å². The molecule has 0 atom stereocenters. The van der Waals surface area contributed by atoms with E-state index in [0.717, 1.165) is 10.4 Å². The van der Waals surface area contributed by atoms with Gasteiger partial charge < -0.3 is 4.42 Å². The van der Waals surface area contributed by atoms with Crippen LogP contribution in [-0.2, 0) is 6.42 Å². The highest BCUT2D eigenvalue weighted by atomic mass is 35.5. The molecule has 1 amide bonds. The molecule has 0 saturated heterocycles. The molecule has 0 saturated carbocycles. The highest BCUT2D eigenvalue weighted by molar-refractivity contribution is 7.15. The second-order valence-corrected chi connectivity index (χ2v) is 6.85. The zero-order valence-corrected chi connectivity index (χ0v) is 14.4. The number of hydrogen-bond acceptors (Lipinski definition) is 4. The summed E-state index contributed by atoms with van der Waals surface area (Å²) < 4.78 is 5.28. The molecule has 0 fully saturated rings. The first kappa shape index (κ1) is 16.1. The molecule has 4 nitrogen and oxygen atoms in total. The number of aromatic nitrogens is 1. The molecule has 0 spiro atoms. The van der Waals surface area contributed by atoms with Gasteiger partial charge in [-0.3, -0.25) is 10.1 Å². The van der Waals surface area contributed by atoms with Gasteiger partial charge in [-0.1, -0.05) is 29.3 Å². The van der Waals surface area contributed by atoms with Gasteiger partial charge in [0.25, 0.3) is 5.91 Å². The average molecular weight is 367 g/mol. The molecule has 2 heterocycles. The molecule has 7 heteroatoms. The standard InChI is InChI=1S/C16H12Cl2N2O2S/c1-9-2-5-14(22-9)15(21)20-16-19-8-11(23-16)6-10-3-4-12(17)13(18)7-10/h2-5,7-8H,6H2,1H3,(H,19,20,21). The van der Waals surface area contributed by atoms with Crippen molar-refractivity contribution in [2.75, 3.05) is 5.32 Å². The van der Waals surface area contributed by atoms with Gasteiger partial charge >= 0.3 is 0 Å². The summed E-state index contributed by atoms with van der Waals surface area (Å²) in [6.45, 7) is 1.79. The molecule has 0 bridgehead atoms. The third kappa shape index (κ3) is 3.93. The largest absolute Gasteiger partial charge is 0.456 e. The Bertz CT molecular complexity index is 857. The van der Waals surface area contributed by atoms with Crippen LogP contribution in [0.15, 0.2) is 40.9 Å². The van der Waals surface area contributed by atoms with Crippen LogP contribution in [0.4, 0.5) is 5.13 Å². The molecule has 3 aromatic rings. The van der Waals surface area contributed by atoms with Crippen molar-refractivity contribution in [2.45, 2.75) is 13.3 Å². The number of furan rings is 1. The second kappa shape index (κ2) is 6.74. The first-order valence-electron chi connectivity index (χ1n) is 6.77. The Labute approximate surface area is 147 Å². The SMILES string of the molecule is Cc1ccc(C(=O)Nc2ncc(Cc3ccc(Cl)c(Cl)c3)s2)o1. The minimum absolute atomic E-state index is 0.267. The van der Waals surface area contributed by atoms with Crippen LogP contribution in [0, 0.1) is 6.92 Å². The van der Waals surface area contributed by atoms with Crippen LogP contribution >= 0.6 is 34.5 Å². The monoisotopic (exact) mass is 366 g/mol. The number of anilines is 1. The van der Waals surface area contributed by atoms with E-state index in [1.54, 1.807) is 31.3 Å². The van der Waals surface area contributed by atoms with Crippen molar-refractivity contribution >= 4 is 45.6 Å². The van der Waals surface area contributed by atoms with Crippen LogP contribution in [0.2, 0.25) is 10.0 Å². The Morgan fingerprint density at radius 3 is 2.78 bits per heavy atom. The number of nitrogens with zero attached hydrogens (tertiary/aromatic N) is 1. The van der Waals surface area contributed by atoms with Crippen molar-refractivity contribution in [3.05, 3.63) is 68.5 Å². The first-order chi connectivity index (χ1) is 11.0. The van der Waals surface area contributed by atoms with E-state index < -0.39 is 0 Å². The lowest BCUT2D eigenvalue weighted by Crippen LogP contribution is -2.10. The lowest BCUT2D eigenvalue weighted by Gasteiger charge is -2.01. The zero-order chi connectivity index (χ0) is 16.4. The first-order valence-corrected chi connectivity index (χ1v) is 8.35. The Balaban J connectivity index is 1.68. The summed E-state index contributed by atoms with van der Waals surface area (Å²) in [6, 6.07) is 8.88. The van der Waals surface area contributed by atoms with Crippen LogP contribution in [0.3, 0.4) is 0 Å². The van der Waals surface area contributed by atoms with Crippen molar-refractivity contribution in [1.29, 1.82) is 0 Å². The summed E-state index contributed by atoms with van der Waals surface area (Å²) in [5.41, 5.74) is 1.03. The smallest absolute Gasteiger partial charge is 0.293 e. The summed E-state index contributed by atoms with van der Waals surface area (Å²) >= 11 is 13.3. The molecule has 23 heavy (non-hydrogen) atoms. The number of amides is 1. The van der Waals surface area contributed by atoms with Crippen LogP contribution in [-0.4, -0.2) is 10.9 Å². The predicted octanol–water partition coefficient (Wildman–Crippen LogP) is 5.19. The second-order valence-electron chi connectivity index (χ2n) is 4.92. The molecule has 1 N–H and O–H groups in total. The zero-order valence-electron chi connectivity index (χ0n) is 12.1. The number of thiazole rings is 1. The van der Waals surface area contributed by atoms with Crippen molar-refractivity contribution in [3.63, 3.8) is 0 Å². The molecule has 0 aliphatic carbocycles. The Morgan fingerprint density at radius 1 is 1.26 bits per heavy atom. The number of hydrogen-bond donors (Lipinski definition) is 1. The highest BCUT2D eigenvalue weighted by Gasteiger charge is 2.12. The summed E-state index contributed by atoms with van der Waals surface area (Å²) in [6.07, 6.45) is 2.40. The van der Waals surface area contributed by atoms with Crippen molar-refractivity contribution < 1.29 is 9.21 Å². The normalized spacial score (nSPS) is 10.7. The number of carbonyl (C=O) groups excluding carboxylic acids is 1. The van der Waals surface area contributed by atoms with Crippen molar-refractivity contribution in [2.24, 2.45) is 0 Å². The maximum Gasteiger partial charge on any atom is 0.293 e. The minimum atomic E-state index is -0.312. The number of carbonyl (C=O) groups is 1. The van der Waals surface area contributed by atoms with Crippen LogP contribution < -0.4 is 5.32 Å². The van der Waals surface area contributed by atoms with Crippen LogP contribution in [0.25, 0.3) is 0 Å². The highest BCUT2D eigenvalue weighted by Crippen LogP contribution is 2.26. The third-order valence-corrected chi connectivity index (χ3v) is 4.75. The van der Waals surface area contributed by atoms with Crippen LogP contribution in [0.1, 0.15) is 26.8 Å². The lowest BCUT2D eigenvalue weighted by atomic mass is 10.1. The van der Waals surface area contributed by atoms with Gasteiger partial charge in [-0.25, -0.2) is 4.98 Å². The number of nitrogens with one attached hydrogen (secondary N) is 1. The summed E-state index contributed by atoms with van der Waals surface area (Å²) in [5, 5.41) is 4.31. The van der Waals surface area contributed by atoms with E-state index in [9.17, 15) is 4.79 Å². The topological polar surface area (TPSA) is 55.1 Å².